The summed E-state index contributed by atoms with van der Waals surface area (Å²) in [6.45, 7) is 4.28. The zero-order valence-corrected chi connectivity index (χ0v) is 13.1. The number of imide groups is 1. The van der Waals surface area contributed by atoms with Crippen LogP contribution in [-0.4, -0.2) is 11.9 Å². The number of nitrogens with one attached hydrogen (secondary N) is 2. The first-order valence-corrected chi connectivity index (χ1v) is 7.58. The van der Waals surface area contributed by atoms with Crippen molar-refractivity contribution in [2.45, 2.75) is 19.8 Å². The van der Waals surface area contributed by atoms with E-state index in [4.69, 9.17) is 0 Å². The monoisotopic (exact) mass is 306 g/mol. The molecule has 1 heterocycles. The van der Waals surface area contributed by atoms with Crippen molar-refractivity contribution in [3.63, 3.8) is 0 Å². The molecule has 4 nitrogen and oxygen atoms in total. The van der Waals surface area contributed by atoms with Gasteiger partial charge in [0.05, 0.1) is 0 Å². The Hall–Kier alpha value is -2.88. The van der Waals surface area contributed by atoms with E-state index in [-0.39, 0.29) is 5.70 Å². The average molecular weight is 306 g/mol. The van der Waals surface area contributed by atoms with Gasteiger partial charge in [0, 0.05) is 0 Å². The fraction of sp³-hybridized carbons (Fsp3) is 0.158. The lowest BCUT2D eigenvalue weighted by atomic mass is 9.91. The SMILES string of the molecule is CC(C)c1cc(/C=C2/NC(=O)NC2=O)ccc1-c1ccccc1. The van der Waals surface area contributed by atoms with Gasteiger partial charge in [0.1, 0.15) is 5.70 Å². The molecule has 0 radical (unpaired) electrons. The number of rotatable bonds is 3. The molecule has 0 bridgehead atoms. The zero-order valence-electron chi connectivity index (χ0n) is 13.1. The lowest BCUT2D eigenvalue weighted by Gasteiger charge is -2.14. The molecule has 3 amide bonds. The molecular weight excluding hydrogens is 288 g/mol. The van der Waals surface area contributed by atoms with Gasteiger partial charge >= 0.3 is 6.03 Å². The minimum atomic E-state index is -0.480. The van der Waals surface area contributed by atoms with E-state index in [1.165, 1.54) is 16.7 Å². The Balaban J connectivity index is 2.02. The largest absolute Gasteiger partial charge is 0.326 e. The van der Waals surface area contributed by atoms with Crippen LogP contribution in [0, 0.1) is 0 Å². The normalized spacial score (nSPS) is 15.9. The van der Waals surface area contributed by atoms with Crippen LogP contribution in [0.3, 0.4) is 0 Å². The first-order chi connectivity index (χ1) is 11.0. The fourth-order valence-electron chi connectivity index (χ4n) is 2.68. The molecule has 1 aliphatic heterocycles. The predicted molar refractivity (Wildman–Crippen MR) is 90.6 cm³/mol. The minimum Gasteiger partial charge on any atom is -0.303 e. The second-order valence-corrected chi connectivity index (χ2v) is 5.83. The maximum absolute atomic E-state index is 11.6. The fourth-order valence-corrected chi connectivity index (χ4v) is 2.68. The summed E-state index contributed by atoms with van der Waals surface area (Å²) < 4.78 is 0. The van der Waals surface area contributed by atoms with Gasteiger partial charge in [0.2, 0.25) is 0 Å². The Kier molecular flexibility index (Phi) is 3.98. The van der Waals surface area contributed by atoms with Gasteiger partial charge in [-0.05, 0) is 34.2 Å². The molecule has 0 aliphatic carbocycles. The van der Waals surface area contributed by atoms with E-state index in [1.54, 1.807) is 6.08 Å². The second-order valence-electron chi connectivity index (χ2n) is 5.83. The summed E-state index contributed by atoms with van der Waals surface area (Å²) in [5.74, 6) is -0.0521. The van der Waals surface area contributed by atoms with Crippen LogP contribution in [0.15, 0.2) is 54.2 Å². The third kappa shape index (κ3) is 3.16. The van der Waals surface area contributed by atoms with Gasteiger partial charge in [-0.15, -0.1) is 0 Å². The number of hydrogen-bond donors (Lipinski definition) is 2. The molecule has 0 spiro atoms. The molecule has 1 aliphatic rings. The minimum absolute atomic E-state index is 0.275. The Labute approximate surface area is 135 Å². The van der Waals surface area contributed by atoms with Crippen molar-refractivity contribution < 1.29 is 9.59 Å². The summed E-state index contributed by atoms with van der Waals surface area (Å²) in [5.41, 5.74) is 4.72. The van der Waals surface area contributed by atoms with Gasteiger partial charge in [0.25, 0.3) is 5.91 Å². The van der Waals surface area contributed by atoms with Crippen LogP contribution >= 0.6 is 0 Å². The summed E-state index contributed by atoms with van der Waals surface area (Å²) in [5, 5.41) is 4.71. The molecule has 1 saturated heterocycles. The maximum atomic E-state index is 11.6. The van der Waals surface area contributed by atoms with Crippen molar-refractivity contribution in [3.8, 4) is 11.1 Å². The molecule has 0 atom stereocenters. The van der Waals surface area contributed by atoms with Crippen LogP contribution in [0.4, 0.5) is 4.79 Å². The molecule has 2 aromatic rings. The van der Waals surface area contributed by atoms with E-state index in [0.29, 0.717) is 5.92 Å². The van der Waals surface area contributed by atoms with Crippen molar-refractivity contribution in [3.05, 3.63) is 65.4 Å². The van der Waals surface area contributed by atoms with Crippen LogP contribution in [0.2, 0.25) is 0 Å². The van der Waals surface area contributed by atoms with Crippen molar-refractivity contribution in [1.82, 2.24) is 10.6 Å². The highest BCUT2D eigenvalue weighted by Crippen LogP contribution is 2.30. The highest BCUT2D eigenvalue weighted by atomic mass is 16.2. The highest BCUT2D eigenvalue weighted by Gasteiger charge is 2.22. The van der Waals surface area contributed by atoms with Gasteiger partial charge in [-0.2, -0.15) is 0 Å². The molecule has 2 aromatic carbocycles. The number of carbonyl (C=O) groups excluding carboxylic acids is 2. The number of amides is 3. The molecule has 23 heavy (non-hydrogen) atoms. The third-order valence-corrected chi connectivity index (χ3v) is 3.81. The average Bonchev–Trinajstić information content (AvgIpc) is 2.85. The van der Waals surface area contributed by atoms with Gasteiger partial charge in [0.15, 0.2) is 0 Å². The smallest absolute Gasteiger partial charge is 0.303 e. The molecule has 2 N–H and O–H groups in total. The van der Waals surface area contributed by atoms with E-state index >= 15 is 0 Å². The molecule has 4 heteroatoms. The summed E-state index contributed by atoms with van der Waals surface area (Å²) in [4.78, 5) is 22.8. The third-order valence-electron chi connectivity index (χ3n) is 3.81. The summed E-state index contributed by atoms with van der Waals surface area (Å²) in [6.07, 6.45) is 1.70. The Morgan fingerprint density at radius 1 is 0.957 bits per heavy atom. The Bertz CT molecular complexity index is 792. The first-order valence-electron chi connectivity index (χ1n) is 7.58. The van der Waals surface area contributed by atoms with Gasteiger partial charge < -0.3 is 5.32 Å². The van der Waals surface area contributed by atoms with E-state index in [0.717, 1.165) is 5.56 Å². The summed E-state index contributed by atoms with van der Waals surface area (Å²) in [7, 11) is 0. The van der Waals surface area contributed by atoms with Crippen molar-refractivity contribution in [2.75, 3.05) is 0 Å². The predicted octanol–water partition coefficient (Wildman–Crippen LogP) is 3.66. The van der Waals surface area contributed by atoms with Crippen LogP contribution in [0.5, 0.6) is 0 Å². The maximum Gasteiger partial charge on any atom is 0.326 e. The molecule has 0 aromatic heterocycles. The van der Waals surface area contributed by atoms with Gasteiger partial charge in [-0.3, -0.25) is 10.1 Å². The van der Waals surface area contributed by atoms with E-state index in [9.17, 15) is 9.59 Å². The molecule has 116 valence electrons. The summed E-state index contributed by atoms with van der Waals surface area (Å²) >= 11 is 0. The first kappa shape index (κ1) is 15.0. The van der Waals surface area contributed by atoms with Crippen molar-refractivity contribution in [1.29, 1.82) is 0 Å². The Morgan fingerprint density at radius 3 is 2.30 bits per heavy atom. The second kappa shape index (κ2) is 6.08. The number of benzene rings is 2. The van der Waals surface area contributed by atoms with E-state index < -0.39 is 11.9 Å². The number of urea groups is 1. The summed E-state index contributed by atoms with van der Waals surface area (Å²) in [6, 6.07) is 15.8. The van der Waals surface area contributed by atoms with Crippen molar-refractivity contribution in [2.24, 2.45) is 0 Å². The van der Waals surface area contributed by atoms with Gasteiger partial charge in [-0.1, -0.05) is 62.4 Å². The molecule has 1 fully saturated rings. The van der Waals surface area contributed by atoms with E-state index in [1.807, 2.05) is 24.3 Å². The molecule has 0 saturated carbocycles. The standard InChI is InChI=1S/C19H18N2O2/c1-12(2)16-10-13(11-17-18(22)21-19(23)20-17)8-9-15(16)14-6-4-3-5-7-14/h3-12H,1-2H3,(H2,20,21,22,23)/b17-11+. The molecule has 0 unspecified atom stereocenters. The number of carbonyl (C=O) groups is 2. The quantitative estimate of drug-likeness (QED) is 0.671. The van der Waals surface area contributed by atoms with Crippen LogP contribution in [-0.2, 0) is 4.79 Å². The molecule has 3 rings (SSSR count). The van der Waals surface area contributed by atoms with Crippen LogP contribution in [0.25, 0.3) is 17.2 Å². The highest BCUT2D eigenvalue weighted by molar-refractivity contribution is 6.14. The molecular formula is C19H18N2O2. The van der Waals surface area contributed by atoms with Crippen LogP contribution < -0.4 is 10.6 Å². The van der Waals surface area contributed by atoms with Gasteiger partial charge in [-0.25, -0.2) is 4.79 Å². The van der Waals surface area contributed by atoms with Crippen molar-refractivity contribution >= 4 is 18.0 Å². The number of hydrogen-bond acceptors (Lipinski definition) is 2. The van der Waals surface area contributed by atoms with E-state index in [2.05, 4.69) is 48.7 Å². The zero-order chi connectivity index (χ0) is 16.4. The Morgan fingerprint density at radius 2 is 1.70 bits per heavy atom. The lowest BCUT2D eigenvalue weighted by Crippen LogP contribution is -2.22. The lowest BCUT2D eigenvalue weighted by molar-refractivity contribution is -0.115. The topological polar surface area (TPSA) is 58.2 Å². The van der Waals surface area contributed by atoms with Crippen LogP contribution in [0.1, 0.15) is 30.9 Å².